The number of benzene rings is 5. The van der Waals surface area contributed by atoms with Crippen molar-refractivity contribution in [2.45, 2.75) is 37.0 Å². The number of anilines is 2. The van der Waals surface area contributed by atoms with Gasteiger partial charge in [0.25, 0.3) is 11.8 Å². The highest BCUT2D eigenvalue weighted by molar-refractivity contribution is 8.00. The summed E-state index contributed by atoms with van der Waals surface area (Å²) in [6.07, 6.45) is 2.12. The number of fused-ring (bicyclic) bond motifs is 3. The van der Waals surface area contributed by atoms with Crippen LogP contribution in [-0.2, 0) is 16.1 Å². The number of aromatic nitrogens is 1. The lowest BCUT2D eigenvalue weighted by Gasteiger charge is -2.16. The molecule has 0 radical (unpaired) electrons. The summed E-state index contributed by atoms with van der Waals surface area (Å²) < 4.78 is 18.7. The van der Waals surface area contributed by atoms with Gasteiger partial charge >= 0.3 is 0 Å². The fourth-order valence-electron chi connectivity index (χ4n) is 6.32. The Morgan fingerprint density at radius 2 is 1.41 bits per heavy atom. The van der Waals surface area contributed by atoms with Gasteiger partial charge in [0, 0.05) is 50.2 Å². The normalized spacial score (nSPS) is 11.9. The molecule has 3 N–H and O–H groups in total. The number of thioether (sulfide) groups is 1. The maximum Gasteiger partial charge on any atom is 0.272 e. The van der Waals surface area contributed by atoms with Gasteiger partial charge in [-0.1, -0.05) is 49.4 Å². The van der Waals surface area contributed by atoms with E-state index in [0.29, 0.717) is 40.5 Å². The second-order valence-electron chi connectivity index (χ2n) is 12.3. The topological polar surface area (TPSA) is 120 Å². The van der Waals surface area contributed by atoms with Crippen LogP contribution in [0.2, 0.25) is 0 Å². The van der Waals surface area contributed by atoms with Gasteiger partial charge in [0.1, 0.15) is 5.70 Å². The molecule has 276 valence electrons. The predicted octanol–water partition coefficient (Wildman–Crippen LogP) is 8.76. The van der Waals surface area contributed by atoms with Crippen LogP contribution in [0.5, 0.6) is 17.2 Å². The number of amides is 3. The number of methoxy groups -OCH3 is 3. The Morgan fingerprint density at radius 1 is 0.722 bits per heavy atom. The summed E-state index contributed by atoms with van der Waals surface area (Å²) in [6.45, 7) is 4.94. The molecular formula is C43H42N4O6S. The second-order valence-corrected chi connectivity index (χ2v) is 13.6. The minimum atomic E-state index is -0.556. The Labute approximate surface area is 318 Å². The first kappa shape index (κ1) is 37.6. The summed E-state index contributed by atoms with van der Waals surface area (Å²) in [7, 11) is 4.50. The Morgan fingerprint density at radius 3 is 2.09 bits per heavy atom. The van der Waals surface area contributed by atoms with Gasteiger partial charge in [-0.25, -0.2) is 0 Å². The van der Waals surface area contributed by atoms with Crippen molar-refractivity contribution in [3.8, 4) is 17.2 Å². The van der Waals surface area contributed by atoms with Crippen molar-refractivity contribution in [1.29, 1.82) is 0 Å². The van der Waals surface area contributed by atoms with E-state index in [1.165, 1.54) is 39.2 Å². The molecule has 0 saturated heterocycles. The average molecular weight is 743 g/mol. The van der Waals surface area contributed by atoms with Gasteiger partial charge in [0.05, 0.1) is 26.6 Å². The molecule has 3 amide bonds. The van der Waals surface area contributed by atoms with E-state index in [-0.39, 0.29) is 11.6 Å². The minimum Gasteiger partial charge on any atom is -0.493 e. The number of hydrogen-bond acceptors (Lipinski definition) is 7. The summed E-state index contributed by atoms with van der Waals surface area (Å²) in [4.78, 5) is 41.5. The number of nitrogens with zero attached hydrogens (tertiary/aromatic N) is 1. The summed E-state index contributed by atoms with van der Waals surface area (Å²) in [5, 5.41) is 10.6. The molecule has 6 rings (SSSR count). The highest BCUT2D eigenvalue weighted by Crippen LogP contribution is 2.39. The minimum absolute atomic E-state index is 0.0129. The van der Waals surface area contributed by atoms with Crippen molar-refractivity contribution < 1.29 is 28.6 Å². The zero-order valence-corrected chi connectivity index (χ0v) is 31.6. The maximum absolute atomic E-state index is 13.9. The Balaban J connectivity index is 1.21. The van der Waals surface area contributed by atoms with E-state index in [1.54, 1.807) is 54.6 Å². The molecule has 0 aliphatic rings. The van der Waals surface area contributed by atoms with E-state index in [1.807, 2.05) is 43.3 Å². The quantitative estimate of drug-likeness (QED) is 0.0754. The number of carbonyl (C=O) groups is 3. The first-order valence-corrected chi connectivity index (χ1v) is 18.4. The van der Waals surface area contributed by atoms with Crippen LogP contribution < -0.4 is 30.2 Å². The fourth-order valence-corrected chi connectivity index (χ4v) is 7.33. The number of carbonyl (C=O) groups excluding carboxylic acids is 3. The average Bonchev–Trinajstić information content (AvgIpc) is 3.52. The lowest BCUT2D eigenvalue weighted by Crippen LogP contribution is -2.30. The summed E-state index contributed by atoms with van der Waals surface area (Å²) >= 11 is 1.41. The van der Waals surface area contributed by atoms with Crippen LogP contribution in [0.25, 0.3) is 27.9 Å². The molecule has 5 aromatic carbocycles. The van der Waals surface area contributed by atoms with Gasteiger partial charge in [0.15, 0.2) is 11.5 Å². The number of para-hydroxylation sites is 1. The molecule has 0 saturated carbocycles. The Kier molecular flexibility index (Phi) is 11.9. The molecular weight excluding hydrogens is 701 g/mol. The highest BCUT2D eigenvalue weighted by atomic mass is 32.2. The van der Waals surface area contributed by atoms with Gasteiger partial charge in [0.2, 0.25) is 11.7 Å². The summed E-state index contributed by atoms with van der Waals surface area (Å²) in [5.41, 5.74) is 4.41. The molecule has 0 bridgehead atoms. The van der Waals surface area contributed by atoms with Gasteiger partial charge in [-0.2, -0.15) is 0 Å². The van der Waals surface area contributed by atoms with Gasteiger partial charge < -0.3 is 34.7 Å². The maximum atomic E-state index is 13.9. The molecule has 11 heteroatoms. The summed E-state index contributed by atoms with van der Waals surface area (Å²) in [5.74, 6) is 0.0452. The van der Waals surface area contributed by atoms with Gasteiger partial charge in [-0.3, -0.25) is 14.4 Å². The smallest absolute Gasteiger partial charge is 0.272 e. The third-order valence-electron chi connectivity index (χ3n) is 8.92. The number of hydrogen-bond donors (Lipinski definition) is 3. The van der Waals surface area contributed by atoms with E-state index in [2.05, 4.69) is 45.6 Å². The standard InChI is InChI=1S/C43H42N4O6S/c1-6-39(43(50)45-30-20-21-36-33(26-30)32-18-11-12-19-35(32)47(36)7-2)54-31-17-13-16-29(25-31)44-42(49)34(46-41(48)28-14-9-8-10-15-28)22-27-23-37(51-3)40(53-5)38(24-27)52-4/h8-26,39H,6-7H2,1-5H3,(H,44,49)(H,45,50)(H,46,48)/b34-22+. The lowest BCUT2D eigenvalue weighted by atomic mass is 10.1. The van der Waals surface area contributed by atoms with Crippen molar-refractivity contribution in [2.75, 3.05) is 32.0 Å². The monoisotopic (exact) mass is 742 g/mol. The molecule has 0 spiro atoms. The Hall–Kier alpha value is -6.20. The molecule has 10 nitrogen and oxygen atoms in total. The van der Waals surface area contributed by atoms with Crippen LogP contribution in [-0.4, -0.2) is 48.9 Å². The number of rotatable bonds is 14. The van der Waals surface area contributed by atoms with Crippen molar-refractivity contribution in [3.63, 3.8) is 0 Å². The van der Waals surface area contributed by atoms with Crippen LogP contribution >= 0.6 is 11.8 Å². The van der Waals surface area contributed by atoms with E-state index in [4.69, 9.17) is 14.2 Å². The van der Waals surface area contributed by atoms with Crippen molar-refractivity contribution in [1.82, 2.24) is 9.88 Å². The third kappa shape index (κ3) is 8.21. The number of ether oxygens (including phenoxy) is 3. The van der Waals surface area contributed by atoms with E-state index in [9.17, 15) is 14.4 Å². The van der Waals surface area contributed by atoms with Crippen molar-refractivity contribution in [3.05, 3.63) is 126 Å². The zero-order chi connectivity index (χ0) is 38.2. The molecule has 0 aliphatic heterocycles. The van der Waals surface area contributed by atoms with Crippen LogP contribution in [0.4, 0.5) is 11.4 Å². The van der Waals surface area contributed by atoms with Gasteiger partial charge in [-0.05, 0) is 91.7 Å². The molecule has 1 aromatic heterocycles. The van der Waals surface area contributed by atoms with Crippen molar-refractivity contribution >= 4 is 68.7 Å². The van der Waals surface area contributed by atoms with Gasteiger partial charge in [-0.15, -0.1) is 11.8 Å². The molecule has 1 atom stereocenters. The fraction of sp³-hybridized carbons (Fsp3) is 0.186. The van der Waals surface area contributed by atoms with E-state index in [0.717, 1.165) is 38.9 Å². The number of nitrogens with one attached hydrogen (secondary N) is 3. The molecule has 1 unspecified atom stereocenters. The van der Waals surface area contributed by atoms with Crippen LogP contribution in [0, 0.1) is 0 Å². The Bertz CT molecular complexity index is 2330. The molecule has 54 heavy (non-hydrogen) atoms. The molecule has 0 fully saturated rings. The SMILES string of the molecule is CCC(Sc1cccc(NC(=O)/C(=C\c2cc(OC)c(OC)c(OC)c2)NC(=O)c2ccccc2)c1)C(=O)Nc1ccc2c(c1)c1ccccc1n2CC. The molecule has 1 heterocycles. The summed E-state index contributed by atoms with van der Waals surface area (Å²) in [6, 6.07) is 33.6. The third-order valence-corrected chi connectivity index (χ3v) is 10.3. The largest absolute Gasteiger partial charge is 0.493 e. The lowest BCUT2D eigenvalue weighted by molar-refractivity contribution is -0.116. The number of aryl methyl sites for hydroxylation is 1. The zero-order valence-electron chi connectivity index (χ0n) is 30.8. The van der Waals surface area contributed by atoms with Crippen LogP contribution in [0.15, 0.2) is 120 Å². The first-order valence-electron chi connectivity index (χ1n) is 17.5. The van der Waals surface area contributed by atoms with Crippen molar-refractivity contribution in [2.24, 2.45) is 0 Å². The highest BCUT2D eigenvalue weighted by Gasteiger charge is 2.21. The van der Waals surface area contributed by atoms with Crippen LogP contribution in [0.3, 0.4) is 0 Å². The first-order chi connectivity index (χ1) is 26.3. The second kappa shape index (κ2) is 17.1. The van der Waals surface area contributed by atoms with E-state index >= 15 is 0 Å². The van der Waals surface area contributed by atoms with Crippen LogP contribution in [0.1, 0.15) is 36.2 Å². The molecule has 0 aliphatic carbocycles. The van der Waals surface area contributed by atoms with E-state index < -0.39 is 17.1 Å². The molecule has 6 aromatic rings. The predicted molar refractivity (Wildman–Crippen MR) is 217 cm³/mol.